The molecule has 29 heavy (non-hydrogen) atoms. The van der Waals surface area contributed by atoms with Crippen LogP contribution in [0.25, 0.3) is 5.57 Å². The quantitative estimate of drug-likeness (QED) is 0.677. The highest BCUT2D eigenvalue weighted by atomic mass is 35.5. The average Bonchev–Trinajstić information content (AvgIpc) is 2.93. The van der Waals surface area contributed by atoms with Crippen LogP contribution < -0.4 is 4.90 Å². The molecular weight excluding hydrogens is 384 g/mol. The fraction of sp³-hybridized carbons (Fsp3) is 0.333. The first-order valence-corrected chi connectivity index (χ1v) is 10.4. The lowest BCUT2D eigenvalue weighted by molar-refractivity contribution is -0.120. The van der Waals surface area contributed by atoms with Gasteiger partial charge in [-0.05, 0) is 55.0 Å². The van der Waals surface area contributed by atoms with E-state index in [0.717, 1.165) is 30.6 Å². The molecule has 2 atom stereocenters. The third kappa shape index (κ3) is 3.69. The van der Waals surface area contributed by atoms with Gasteiger partial charge in [0.05, 0.1) is 11.3 Å². The van der Waals surface area contributed by atoms with E-state index in [1.807, 2.05) is 43.3 Å². The maximum absolute atomic E-state index is 13.5. The number of aryl methyl sites for hydroxylation is 1. The number of likely N-dealkylation sites (tertiary alicyclic amines) is 1. The average molecular weight is 409 g/mol. The molecule has 5 heteroatoms. The molecule has 0 radical (unpaired) electrons. The molecule has 2 amide bonds. The zero-order valence-corrected chi connectivity index (χ0v) is 17.7. The van der Waals surface area contributed by atoms with Crippen LogP contribution in [0.4, 0.5) is 5.69 Å². The van der Waals surface area contributed by atoms with Crippen molar-refractivity contribution in [2.45, 2.75) is 27.2 Å². The molecule has 150 valence electrons. The summed E-state index contributed by atoms with van der Waals surface area (Å²) in [6.45, 7) is 7.93. The Balaban J connectivity index is 1.82. The van der Waals surface area contributed by atoms with Crippen LogP contribution in [-0.2, 0) is 9.59 Å². The Bertz CT molecular complexity index is 969. The van der Waals surface area contributed by atoms with E-state index in [0.29, 0.717) is 33.8 Å². The van der Waals surface area contributed by atoms with Crippen LogP contribution >= 0.6 is 11.6 Å². The topological polar surface area (TPSA) is 40.6 Å². The highest BCUT2D eigenvalue weighted by Crippen LogP contribution is 2.37. The zero-order valence-electron chi connectivity index (χ0n) is 17.0. The summed E-state index contributed by atoms with van der Waals surface area (Å²) in [7, 11) is 0. The maximum atomic E-state index is 13.5. The van der Waals surface area contributed by atoms with Crippen molar-refractivity contribution in [3.05, 3.63) is 70.4 Å². The summed E-state index contributed by atoms with van der Waals surface area (Å²) in [5.74, 6) is 0.412. The Hall–Kier alpha value is -2.59. The number of imide groups is 1. The van der Waals surface area contributed by atoms with Crippen molar-refractivity contribution in [1.82, 2.24) is 4.90 Å². The molecule has 1 fully saturated rings. The first-order chi connectivity index (χ1) is 13.8. The van der Waals surface area contributed by atoms with Gasteiger partial charge in [0, 0.05) is 18.1 Å². The van der Waals surface area contributed by atoms with Crippen LogP contribution in [0.2, 0.25) is 5.02 Å². The molecule has 4 nitrogen and oxygen atoms in total. The predicted octanol–water partition coefficient (Wildman–Crippen LogP) is 4.91. The van der Waals surface area contributed by atoms with Gasteiger partial charge >= 0.3 is 0 Å². The summed E-state index contributed by atoms with van der Waals surface area (Å²) in [4.78, 5) is 30.5. The van der Waals surface area contributed by atoms with Crippen molar-refractivity contribution in [1.29, 1.82) is 0 Å². The van der Waals surface area contributed by atoms with E-state index in [-0.39, 0.29) is 11.8 Å². The third-order valence-corrected chi connectivity index (χ3v) is 5.92. The standard InChI is InChI=1S/C24H25ClN2O2/c1-15-4-10-20(11-5-15)27-23(28)21(18-6-8-19(25)9-7-18)22(24(27)29)26-13-16(2)12-17(3)14-26/h4-11,16-17H,12-14H2,1-3H3. The van der Waals surface area contributed by atoms with Crippen LogP contribution in [0.15, 0.2) is 54.2 Å². The summed E-state index contributed by atoms with van der Waals surface area (Å²) in [5.41, 5.74) is 3.39. The predicted molar refractivity (Wildman–Crippen MR) is 117 cm³/mol. The Morgan fingerprint density at radius 2 is 1.45 bits per heavy atom. The number of carbonyl (C=O) groups excluding carboxylic acids is 2. The van der Waals surface area contributed by atoms with Gasteiger partial charge in [-0.2, -0.15) is 0 Å². The maximum Gasteiger partial charge on any atom is 0.282 e. The van der Waals surface area contributed by atoms with Gasteiger partial charge in [0.1, 0.15) is 5.70 Å². The molecule has 0 N–H and O–H groups in total. The van der Waals surface area contributed by atoms with Crippen LogP contribution in [-0.4, -0.2) is 29.8 Å². The van der Waals surface area contributed by atoms with Crippen molar-refractivity contribution in [3.8, 4) is 0 Å². The number of hydrogen-bond acceptors (Lipinski definition) is 3. The van der Waals surface area contributed by atoms with E-state index in [4.69, 9.17) is 11.6 Å². The van der Waals surface area contributed by atoms with E-state index in [2.05, 4.69) is 18.7 Å². The fourth-order valence-electron chi connectivity index (χ4n) is 4.46. The number of rotatable bonds is 3. The highest BCUT2D eigenvalue weighted by Gasteiger charge is 2.43. The molecule has 2 aromatic carbocycles. The number of carbonyl (C=O) groups is 2. The monoisotopic (exact) mass is 408 g/mol. The molecule has 2 aromatic rings. The van der Waals surface area contributed by atoms with Crippen molar-refractivity contribution in [2.75, 3.05) is 18.0 Å². The largest absolute Gasteiger partial charge is 0.366 e. The highest BCUT2D eigenvalue weighted by molar-refractivity contribution is 6.45. The van der Waals surface area contributed by atoms with Gasteiger partial charge in [0.25, 0.3) is 11.8 Å². The molecule has 0 saturated carbocycles. The lowest BCUT2D eigenvalue weighted by Gasteiger charge is -2.37. The van der Waals surface area contributed by atoms with E-state index in [1.54, 1.807) is 12.1 Å². The Morgan fingerprint density at radius 3 is 2.03 bits per heavy atom. The van der Waals surface area contributed by atoms with E-state index in [1.165, 1.54) is 4.90 Å². The third-order valence-electron chi connectivity index (χ3n) is 5.67. The first kappa shape index (κ1) is 19.7. The molecule has 2 aliphatic heterocycles. The van der Waals surface area contributed by atoms with Crippen molar-refractivity contribution >= 4 is 34.7 Å². The molecular formula is C24H25ClN2O2. The zero-order chi connectivity index (χ0) is 20.7. The smallest absolute Gasteiger partial charge is 0.282 e. The fourth-order valence-corrected chi connectivity index (χ4v) is 4.59. The van der Waals surface area contributed by atoms with Crippen LogP contribution in [0.3, 0.4) is 0 Å². The molecule has 4 rings (SSSR count). The first-order valence-electron chi connectivity index (χ1n) is 10.1. The Labute approximate surface area is 176 Å². The molecule has 0 aliphatic carbocycles. The van der Waals surface area contributed by atoms with E-state index in [9.17, 15) is 9.59 Å². The number of benzene rings is 2. The SMILES string of the molecule is Cc1ccc(N2C(=O)C(c3ccc(Cl)cc3)=C(N3CC(C)CC(C)C3)C2=O)cc1. The number of halogens is 1. The normalized spacial score (nSPS) is 22.6. The molecule has 1 saturated heterocycles. The Morgan fingerprint density at radius 1 is 0.862 bits per heavy atom. The van der Waals surface area contributed by atoms with Gasteiger partial charge in [0.2, 0.25) is 0 Å². The van der Waals surface area contributed by atoms with E-state index < -0.39 is 0 Å². The molecule has 2 unspecified atom stereocenters. The lowest BCUT2D eigenvalue weighted by atomic mass is 9.91. The van der Waals surface area contributed by atoms with Gasteiger partial charge in [-0.3, -0.25) is 9.59 Å². The summed E-state index contributed by atoms with van der Waals surface area (Å²) in [6, 6.07) is 14.6. The summed E-state index contributed by atoms with van der Waals surface area (Å²) in [6.07, 6.45) is 1.13. The number of anilines is 1. The Kier molecular flexibility index (Phi) is 5.22. The minimum atomic E-state index is -0.276. The van der Waals surface area contributed by atoms with Crippen molar-refractivity contribution < 1.29 is 9.59 Å². The van der Waals surface area contributed by atoms with Crippen LogP contribution in [0, 0.1) is 18.8 Å². The van der Waals surface area contributed by atoms with Crippen LogP contribution in [0.5, 0.6) is 0 Å². The molecule has 2 aliphatic rings. The van der Waals surface area contributed by atoms with Gasteiger partial charge < -0.3 is 4.90 Å². The summed E-state index contributed by atoms with van der Waals surface area (Å²) in [5, 5.41) is 0.600. The van der Waals surface area contributed by atoms with Crippen molar-refractivity contribution in [2.24, 2.45) is 11.8 Å². The molecule has 0 aromatic heterocycles. The van der Waals surface area contributed by atoms with Crippen LogP contribution in [0.1, 0.15) is 31.4 Å². The number of nitrogens with zero attached hydrogens (tertiary/aromatic N) is 2. The van der Waals surface area contributed by atoms with E-state index >= 15 is 0 Å². The second-order valence-electron chi connectivity index (χ2n) is 8.36. The summed E-state index contributed by atoms with van der Waals surface area (Å²) < 4.78 is 0. The van der Waals surface area contributed by atoms with Gasteiger partial charge in [0.15, 0.2) is 0 Å². The molecule has 0 bridgehead atoms. The summed E-state index contributed by atoms with van der Waals surface area (Å²) >= 11 is 6.06. The minimum absolute atomic E-state index is 0.245. The lowest BCUT2D eigenvalue weighted by Crippen LogP contribution is -2.42. The van der Waals surface area contributed by atoms with Gasteiger partial charge in [-0.15, -0.1) is 0 Å². The molecule has 2 heterocycles. The van der Waals surface area contributed by atoms with Crippen molar-refractivity contribution in [3.63, 3.8) is 0 Å². The number of amides is 2. The second-order valence-corrected chi connectivity index (χ2v) is 8.80. The molecule has 0 spiro atoms. The van der Waals surface area contributed by atoms with Gasteiger partial charge in [-0.25, -0.2) is 4.90 Å². The second kappa shape index (κ2) is 7.68. The minimum Gasteiger partial charge on any atom is -0.366 e. The van der Waals surface area contributed by atoms with Gasteiger partial charge in [-0.1, -0.05) is 55.3 Å². The number of piperidine rings is 1. The number of hydrogen-bond donors (Lipinski definition) is 0.